The second-order valence-electron chi connectivity index (χ2n) is 4.19. The van der Waals surface area contributed by atoms with Crippen LogP contribution in [0.15, 0.2) is 35.7 Å². The minimum Gasteiger partial charge on any atom is -0.296 e. The van der Waals surface area contributed by atoms with Crippen LogP contribution in [0, 0.1) is 0 Å². The van der Waals surface area contributed by atoms with Crippen LogP contribution in [-0.2, 0) is 5.41 Å². The van der Waals surface area contributed by atoms with E-state index in [-0.39, 0.29) is 5.41 Å². The van der Waals surface area contributed by atoms with E-state index in [0.717, 1.165) is 11.3 Å². The number of benzene rings is 1. The summed E-state index contributed by atoms with van der Waals surface area (Å²) in [5.41, 5.74) is 1.58. The zero-order chi connectivity index (χ0) is 11.6. The molecular weight excluding hydrogens is 218 g/mol. The number of hydrogen-bond donors (Lipinski definition) is 0. The van der Waals surface area contributed by atoms with Crippen LogP contribution in [0.2, 0.25) is 0 Å². The van der Waals surface area contributed by atoms with Gasteiger partial charge in [0.1, 0.15) is 10.7 Å². The van der Waals surface area contributed by atoms with Crippen LogP contribution in [0.25, 0.3) is 0 Å². The van der Waals surface area contributed by atoms with Crippen LogP contribution in [0.3, 0.4) is 0 Å². The number of aromatic nitrogens is 1. The molecule has 0 aliphatic rings. The second kappa shape index (κ2) is 4.18. The van der Waals surface area contributed by atoms with Crippen molar-refractivity contribution in [1.29, 1.82) is 0 Å². The Bertz CT molecular complexity index is 488. The average molecular weight is 231 g/mol. The van der Waals surface area contributed by atoms with Crippen molar-refractivity contribution in [3.8, 4) is 0 Å². The lowest BCUT2D eigenvalue weighted by Gasteiger charge is -2.22. The summed E-state index contributed by atoms with van der Waals surface area (Å²) < 4.78 is 0. The SMILES string of the molecule is CC(C)(c1ccccc1)c1nc(C=O)cs1. The fourth-order valence-corrected chi connectivity index (χ4v) is 2.52. The van der Waals surface area contributed by atoms with E-state index in [1.807, 2.05) is 18.2 Å². The van der Waals surface area contributed by atoms with E-state index in [1.165, 1.54) is 16.9 Å². The molecule has 2 nitrogen and oxygen atoms in total. The van der Waals surface area contributed by atoms with Gasteiger partial charge in [0.2, 0.25) is 0 Å². The normalized spacial score (nSPS) is 11.4. The van der Waals surface area contributed by atoms with Gasteiger partial charge in [0.15, 0.2) is 6.29 Å². The van der Waals surface area contributed by atoms with Crippen molar-refractivity contribution in [3.05, 3.63) is 52.0 Å². The number of thiazole rings is 1. The highest BCUT2D eigenvalue weighted by atomic mass is 32.1. The molecule has 0 saturated carbocycles. The highest BCUT2D eigenvalue weighted by molar-refractivity contribution is 7.10. The molecule has 0 aliphatic heterocycles. The summed E-state index contributed by atoms with van der Waals surface area (Å²) in [6.07, 6.45) is 0.793. The van der Waals surface area contributed by atoms with Crippen molar-refractivity contribution in [2.75, 3.05) is 0 Å². The molecule has 0 radical (unpaired) electrons. The van der Waals surface area contributed by atoms with Gasteiger partial charge in [0, 0.05) is 10.8 Å². The molecule has 0 aliphatic carbocycles. The summed E-state index contributed by atoms with van der Waals surface area (Å²) in [7, 11) is 0. The van der Waals surface area contributed by atoms with Gasteiger partial charge < -0.3 is 0 Å². The maximum Gasteiger partial charge on any atom is 0.169 e. The van der Waals surface area contributed by atoms with Crippen LogP contribution in [0.1, 0.15) is 34.9 Å². The molecule has 0 spiro atoms. The third-order valence-corrected chi connectivity index (χ3v) is 3.86. The van der Waals surface area contributed by atoms with Crippen LogP contribution in [-0.4, -0.2) is 11.3 Å². The van der Waals surface area contributed by atoms with E-state index < -0.39 is 0 Å². The average Bonchev–Trinajstić information content (AvgIpc) is 2.79. The van der Waals surface area contributed by atoms with Crippen molar-refractivity contribution < 1.29 is 4.79 Å². The first-order valence-electron chi connectivity index (χ1n) is 5.11. The Morgan fingerprint density at radius 2 is 1.94 bits per heavy atom. The van der Waals surface area contributed by atoms with Gasteiger partial charge in [0.25, 0.3) is 0 Å². The Kier molecular flexibility index (Phi) is 2.88. The molecule has 2 aromatic rings. The summed E-state index contributed by atoms with van der Waals surface area (Å²) in [5.74, 6) is 0. The third kappa shape index (κ3) is 1.91. The minimum atomic E-state index is -0.146. The van der Waals surface area contributed by atoms with Gasteiger partial charge in [-0.25, -0.2) is 4.98 Å². The molecule has 0 unspecified atom stereocenters. The Labute approximate surface area is 99.0 Å². The first-order chi connectivity index (χ1) is 7.64. The molecule has 0 fully saturated rings. The number of nitrogens with zero attached hydrogens (tertiary/aromatic N) is 1. The van der Waals surface area contributed by atoms with Crippen molar-refractivity contribution in [2.24, 2.45) is 0 Å². The molecule has 0 saturated heterocycles. The first-order valence-corrected chi connectivity index (χ1v) is 5.99. The lowest BCUT2D eigenvalue weighted by Crippen LogP contribution is -2.18. The summed E-state index contributed by atoms with van der Waals surface area (Å²) in [4.78, 5) is 15.0. The number of carbonyl (C=O) groups excluding carboxylic acids is 1. The molecule has 16 heavy (non-hydrogen) atoms. The fourth-order valence-electron chi connectivity index (χ4n) is 1.61. The number of rotatable bonds is 3. The highest BCUT2D eigenvalue weighted by Gasteiger charge is 2.26. The Hall–Kier alpha value is -1.48. The van der Waals surface area contributed by atoms with Crippen LogP contribution >= 0.6 is 11.3 Å². The molecule has 0 atom stereocenters. The number of carbonyl (C=O) groups is 1. The lowest BCUT2D eigenvalue weighted by molar-refractivity contribution is 0.111. The van der Waals surface area contributed by atoms with Gasteiger partial charge in [-0.15, -0.1) is 11.3 Å². The molecule has 2 rings (SSSR count). The minimum absolute atomic E-state index is 0.146. The third-order valence-electron chi connectivity index (χ3n) is 2.67. The molecule has 1 aromatic carbocycles. The zero-order valence-electron chi connectivity index (χ0n) is 9.31. The van der Waals surface area contributed by atoms with Gasteiger partial charge in [-0.3, -0.25) is 4.79 Å². The highest BCUT2D eigenvalue weighted by Crippen LogP contribution is 2.32. The molecular formula is C13H13NOS. The summed E-state index contributed by atoms with van der Waals surface area (Å²) >= 11 is 1.53. The molecule has 0 bridgehead atoms. The van der Waals surface area contributed by atoms with Crippen molar-refractivity contribution in [3.63, 3.8) is 0 Å². The van der Waals surface area contributed by atoms with Crippen LogP contribution in [0.4, 0.5) is 0 Å². The molecule has 0 N–H and O–H groups in total. The molecule has 3 heteroatoms. The summed E-state index contributed by atoms with van der Waals surface area (Å²) in [6.45, 7) is 4.24. The van der Waals surface area contributed by atoms with E-state index in [2.05, 4.69) is 31.0 Å². The van der Waals surface area contributed by atoms with Crippen molar-refractivity contribution >= 4 is 17.6 Å². The number of hydrogen-bond acceptors (Lipinski definition) is 3. The Morgan fingerprint density at radius 1 is 1.25 bits per heavy atom. The van der Waals surface area contributed by atoms with Crippen LogP contribution in [0.5, 0.6) is 0 Å². The summed E-state index contributed by atoms with van der Waals surface area (Å²) in [5, 5.41) is 2.77. The quantitative estimate of drug-likeness (QED) is 0.759. The van der Waals surface area contributed by atoms with Crippen molar-refractivity contribution in [2.45, 2.75) is 19.3 Å². The standard InChI is InChI=1S/C13H13NOS/c1-13(2,10-6-4-3-5-7-10)12-14-11(8-15)9-16-12/h3-9H,1-2H3. The largest absolute Gasteiger partial charge is 0.296 e. The maximum atomic E-state index is 10.6. The van der Waals surface area contributed by atoms with E-state index in [9.17, 15) is 4.79 Å². The van der Waals surface area contributed by atoms with E-state index in [1.54, 1.807) is 5.38 Å². The molecule has 1 heterocycles. The van der Waals surface area contributed by atoms with Gasteiger partial charge in [0.05, 0.1) is 0 Å². The van der Waals surface area contributed by atoms with Crippen LogP contribution < -0.4 is 0 Å². The Balaban J connectivity index is 2.42. The molecule has 0 amide bonds. The molecule has 1 aromatic heterocycles. The number of aldehydes is 1. The van der Waals surface area contributed by atoms with E-state index >= 15 is 0 Å². The van der Waals surface area contributed by atoms with Gasteiger partial charge in [-0.05, 0) is 19.4 Å². The fraction of sp³-hybridized carbons (Fsp3) is 0.231. The Morgan fingerprint density at radius 3 is 2.50 bits per heavy atom. The first kappa shape index (κ1) is 11.0. The zero-order valence-corrected chi connectivity index (χ0v) is 10.1. The smallest absolute Gasteiger partial charge is 0.169 e. The predicted octanol–water partition coefficient (Wildman–Crippen LogP) is 3.28. The summed E-state index contributed by atoms with van der Waals surface area (Å²) in [6, 6.07) is 10.2. The van der Waals surface area contributed by atoms with Gasteiger partial charge >= 0.3 is 0 Å². The monoisotopic (exact) mass is 231 g/mol. The van der Waals surface area contributed by atoms with E-state index in [0.29, 0.717) is 5.69 Å². The van der Waals surface area contributed by atoms with E-state index in [4.69, 9.17) is 0 Å². The maximum absolute atomic E-state index is 10.6. The van der Waals surface area contributed by atoms with Crippen molar-refractivity contribution in [1.82, 2.24) is 4.98 Å². The topological polar surface area (TPSA) is 30.0 Å². The van der Waals surface area contributed by atoms with Gasteiger partial charge in [-0.1, -0.05) is 30.3 Å². The lowest BCUT2D eigenvalue weighted by atomic mass is 9.85. The molecule has 82 valence electrons. The van der Waals surface area contributed by atoms with Gasteiger partial charge in [-0.2, -0.15) is 0 Å². The predicted molar refractivity (Wildman–Crippen MR) is 66.1 cm³/mol. The second-order valence-corrected chi connectivity index (χ2v) is 5.04.